The van der Waals surface area contributed by atoms with Crippen LogP contribution in [0.1, 0.15) is 10.4 Å². The van der Waals surface area contributed by atoms with E-state index in [-0.39, 0.29) is 24.4 Å². The van der Waals surface area contributed by atoms with Crippen LogP contribution in [0.5, 0.6) is 0 Å². The van der Waals surface area contributed by atoms with E-state index in [1.54, 1.807) is 11.0 Å². The van der Waals surface area contributed by atoms with Gasteiger partial charge in [0, 0.05) is 25.2 Å². The second kappa shape index (κ2) is 6.68. The number of nitrogens with zero attached hydrogens (tertiary/aromatic N) is 1. The molecule has 18 heavy (non-hydrogen) atoms. The minimum absolute atomic E-state index is 0. The van der Waals surface area contributed by atoms with Gasteiger partial charge in [0.15, 0.2) is 0 Å². The van der Waals surface area contributed by atoms with Gasteiger partial charge in [0.1, 0.15) is 5.82 Å². The van der Waals surface area contributed by atoms with E-state index in [0.29, 0.717) is 31.8 Å². The minimum Gasteiger partial charge on any atom is -0.373 e. The van der Waals surface area contributed by atoms with Gasteiger partial charge >= 0.3 is 0 Å². The van der Waals surface area contributed by atoms with Gasteiger partial charge in [-0.2, -0.15) is 0 Å². The zero-order chi connectivity index (χ0) is 12.3. The number of amides is 1. The molecule has 0 spiro atoms. The number of rotatable bonds is 2. The molecule has 0 radical (unpaired) electrons. The van der Waals surface area contributed by atoms with Crippen molar-refractivity contribution >= 4 is 18.3 Å². The summed E-state index contributed by atoms with van der Waals surface area (Å²) in [5, 5.41) is 0. The van der Waals surface area contributed by atoms with Crippen LogP contribution < -0.4 is 5.73 Å². The molecule has 100 valence electrons. The summed E-state index contributed by atoms with van der Waals surface area (Å²) >= 11 is 0. The smallest absolute Gasteiger partial charge is 0.254 e. The van der Waals surface area contributed by atoms with Gasteiger partial charge in [-0.3, -0.25) is 4.79 Å². The van der Waals surface area contributed by atoms with E-state index in [1.807, 2.05) is 0 Å². The lowest BCUT2D eigenvalue weighted by Gasteiger charge is -2.32. The van der Waals surface area contributed by atoms with Crippen LogP contribution >= 0.6 is 12.4 Å². The fourth-order valence-corrected chi connectivity index (χ4v) is 1.85. The SMILES string of the molecule is Cl.NCC1CN(C(=O)c2cccc(F)c2)CCO1. The largest absolute Gasteiger partial charge is 0.373 e. The lowest BCUT2D eigenvalue weighted by molar-refractivity contribution is -0.0167. The number of hydrogen-bond donors (Lipinski definition) is 1. The molecule has 1 aliphatic heterocycles. The van der Waals surface area contributed by atoms with Crippen molar-refractivity contribution in [2.24, 2.45) is 5.73 Å². The molecule has 0 saturated carbocycles. The molecule has 1 saturated heterocycles. The Bertz CT molecular complexity index is 417. The first-order valence-electron chi connectivity index (χ1n) is 5.57. The number of nitrogens with two attached hydrogens (primary N) is 1. The Morgan fingerprint density at radius 1 is 1.56 bits per heavy atom. The highest BCUT2D eigenvalue weighted by Crippen LogP contribution is 2.11. The van der Waals surface area contributed by atoms with Gasteiger partial charge in [0.05, 0.1) is 12.7 Å². The molecule has 6 heteroatoms. The summed E-state index contributed by atoms with van der Waals surface area (Å²) in [5.74, 6) is -0.578. The van der Waals surface area contributed by atoms with Gasteiger partial charge in [0.2, 0.25) is 0 Å². The third-order valence-electron chi connectivity index (χ3n) is 2.76. The molecule has 2 rings (SSSR count). The second-order valence-corrected chi connectivity index (χ2v) is 3.99. The highest BCUT2D eigenvalue weighted by Gasteiger charge is 2.24. The molecule has 0 aromatic heterocycles. The van der Waals surface area contributed by atoms with E-state index < -0.39 is 5.82 Å². The fourth-order valence-electron chi connectivity index (χ4n) is 1.85. The lowest BCUT2D eigenvalue weighted by atomic mass is 10.1. The van der Waals surface area contributed by atoms with Crippen molar-refractivity contribution in [2.75, 3.05) is 26.2 Å². The van der Waals surface area contributed by atoms with E-state index in [0.717, 1.165) is 0 Å². The van der Waals surface area contributed by atoms with Crippen molar-refractivity contribution in [1.29, 1.82) is 0 Å². The van der Waals surface area contributed by atoms with E-state index in [9.17, 15) is 9.18 Å². The Kier molecular flexibility index (Phi) is 5.53. The molecule has 2 N–H and O–H groups in total. The van der Waals surface area contributed by atoms with E-state index in [4.69, 9.17) is 10.5 Å². The normalized spacial score (nSPS) is 19.2. The molecule has 0 aliphatic carbocycles. The fraction of sp³-hybridized carbons (Fsp3) is 0.417. The highest BCUT2D eigenvalue weighted by molar-refractivity contribution is 5.94. The van der Waals surface area contributed by atoms with Crippen molar-refractivity contribution in [1.82, 2.24) is 4.90 Å². The van der Waals surface area contributed by atoms with E-state index >= 15 is 0 Å². The second-order valence-electron chi connectivity index (χ2n) is 3.99. The average molecular weight is 275 g/mol. The number of ether oxygens (including phenoxy) is 1. The summed E-state index contributed by atoms with van der Waals surface area (Å²) in [6.45, 7) is 1.84. The summed E-state index contributed by atoms with van der Waals surface area (Å²) in [4.78, 5) is 13.7. The molecule has 4 nitrogen and oxygen atoms in total. The summed E-state index contributed by atoms with van der Waals surface area (Å²) < 4.78 is 18.4. The van der Waals surface area contributed by atoms with Crippen LogP contribution in [0.3, 0.4) is 0 Å². The van der Waals surface area contributed by atoms with Crippen LogP contribution in [0.4, 0.5) is 4.39 Å². The van der Waals surface area contributed by atoms with Gasteiger partial charge in [-0.15, -0.1) is 12.4 Å². The predicted molar refractivity (Wildman–Crippen MR) is 68.3 cm³/mol. The molecular weight excluding hydrogens is 259 g/mol. The standard InChI is InChI=1S/C12H15FN2O2.ClH/c13-10-3-1-2-9(6-10)12(16)15-4-5-17-11(7-14)8-15;/h1-3,6,11H,4-5,7-8,14H2;1H. The number of morpholine rings is 1. The van der Waals surface area contributed by atoms with Crippen LogP contribution in [0.25, 0.3) is 0 Å². The van der Waals surface area contributed by atoms with Crippen molar-refractivity contribution in [2.45, 2.75) is 6.10 Å². The van der Waals surface area contributed by atoms with Gasteiger partial charge in [-0.25, -0.2) is 4.39 Å². The van der Waals surface area contributed by atoms with E-state index in [1.165, 1.54) is 18.2 Å². The van der Waals surface area contributed by atoms with Crippen LogP contribution in [0, 0.1) is 5.82 Å². The number of benzene rings is 1. The molecule has 1 heterocycles. The van der Waals surface area contributed by atoms with Crippen LogP contribution in [0.15, 0.2) is 24.3 Å². The molecule has 1 aliphatic rings. The molecule has 1 fully saturated rings. The molecule has 1 aromatic rings. The first kappa shape index (κ1) is 14.9. The zero-order valence-corrected chi connectivity index (χ0v) is 10.7. The summed E-state index contributed by atoms with van der Waals surface area (Å²) in [6.07, 6.45) is -0.124. The first-order chi connectivity index (χ1) is 8.20. The first-order valence-corrected chi connectivity index (χ1v) is 5.57. The molecule has 1 amide bonds. The maximum absolute atomic E-state index is 13.0. The van der Waals surface area contributed by atoms with Crippen LogP contribution in [-0.4, -0.2) is 43.2 Å². The van der Waals surface area contributed by atoms with Gasteiger partial charge < -0.3 is 15.4 Å². The number of carbonyl (C=O) groups is 1. The third-order valence-corrected chi connectivity index (χ3v) is 2.76. The van der Waals surface area contributed by atoms with Crippen LogP contribution in [0.2, 0.25) is 0 Å². The maximum Gasteiger partial charge on any atom is 0.254 e. The van der Waals surface area contributed by atoms with Crippen LogP contribution in [-0.2, 0) is 4.74 Å². The van der Waals surface area contributed by atoms with Gasteiger partial charge in [-0.05, 0) is 18.2 Å². The summed E-state index contributed by atoms with van der Waals surface area (Å²) in [5.41, 5.74) is 5.87. The minimum atomic E-state index is -0.403. The summed E-state index contributed by atoms with van der Waals surface area (Å²) in [6, 6.07) is 5.70. The number of carbonyl (C=O) groups excluding carboxylic acids is 1. The highest BCUT2D eigenvalue weighted by atomic mass is 35.5. The molecule has 1 aromatic carbocycles. The summed E-state index contributed by atoms with van der Waals surface area (Å²) in [7, 11) is 0. The predicted octanol–water partition coefficient (Wildman–Crippen LogP) is 1.05. The monoisotopic (exact) mass is 274 g/mol. The van der Waals surface area contributed by atoms with Gasteiger partial charge in [-0.1, -0.05) is 6.07 Å². The molecule has 1 atom stereocenters. The molecule has 1 unspecified atom stereocenters. The Morgan fingerprint density at radius 2 is 2.33 bits per heavy atom. The lowest BCUT2D eigenvalue weighted by Crippen LogP contribution is -2.48. The quantitative estimate of drug-likeness (QED) is 0.877. The maximum atomic E-state index is 13.0. The molecular formula is C12H16ClFN2O2. The Hall–Kier alpha value is -1.17. The van der Waals surface area contributed by atoms with Gasteiger partial charge in [0.25, 0.3) is 5.91 Å². The molecule has 0 bridgehead atoms. The third kappa shape index (κ3) is 3.41. The Morgan fingerprint density at radius 3 is 3.00 bits per heavy atom. The van der Waals surface area contributed by atoms with Crippen molar-refractivity contribution in [3.05, 3.63) is 35.6 Å². The number of halogens is 2. The van der Waals surface area contributed by atoms with Crippen molar-refractivity contribution in [3.8, 4) is 0 Å². The Balaban J connectivity index is 0.00000162. The topological polar surface area (TPSA) is 55.6 Å². The average Bonchev–Trinajstić information content (AvgIpc) is 2.38. The van der Waals surface area contributed by atoms with Crippen molar-refractivity contribution < 1.29 is 13.9 Å². The Labute approximate surface area is 111 Å². The zero-order valence-electron chi connectivity index (χ0n) is 9.84. The number of hydrogen-bond acceptors (Lipinski definition) is 3. The van der Waals surface area contributed by atoms with E-state index in [2.05, 4.69) is 0 Å². The van der Waals surface area contributed by atoms with Crippen molar-refractivity contribution in [3.63, 3.8) is 0 Å².